The van der Waals surface area contributed by atoms with Gasteiger partial charge in [-0.05, 0) is 30.5 Å². The van der Waals surface area contributed by atoms with Crippen LogP contribution in [0, 0.1) is 6.92 Å². The molecule has 0 radical (unpaired) electrons. The highest BCUT2D eigenvalue weighted by atomic mass is 16.5. The minimum absolute atomic E-state index is 0.0732. The summed E-state index contributed by atoms with van der Waals surface area (Å²) in [7, 11) is 3.29. The number of aryl methyl sites for hydroxylation is 2. The van der Waals surface area contributed by atoms with Crippen LogP contribution in [0.1, 0.15) is 5.69 Å². The van der Waals surface area contributed by atoms with Gasteiger partial charge >= 0.3 is 0 Å². The SMILES string of the molecule is COc1ccc2ccn(CC(=O)Nc3cc(C)nn3C)c(=O)c2c1. The maximum atomic E-state index is 12.6. The first-order valence-corrected chi connectivity index (χ1v) is 7.45. The van der Waals surface area contributed by atoms with Crippen molar-refractivity contribution in [2.45, 2.75) is 13.5 Å². The number of aromatic nitrogens is 3. The topological polar surface area (TPSA) is 78.2 Å². The van der Waals surface area contributed by atoms with Gasteiger partial charge in [0.1, 0.15) is 18.1 Å². The van der Waals surface area contributed by atoms with Gasteiger partial charge in [-0.15, -0.1) is 0 Å². The minimum Gasteiger partial charge on any atom is -0.497 e. The Morgan fingerprint density at radius 3 is 2.75 bits per heavy atom. The van der Waals surface area contributed by atoms with Gasteiger partial charge in [0.05, 0.1) is 18.2 Å². The number of anilines is 1. The van der Waals surface area contributed by atoms with Crippen molar-refractivity contribution >= 4 is 22.5 Å². The van der Waals surface area contributed by atoms with Crippen molar-refractivity contribution < 1.29 is 9.53 Å². The van der Waals surface area contributed by atoms with Crippen molar-refractivity contribution in [3.8, 4) is 5.75 Å². The standard InChI is InChI=1S/C17H18N4O3/c1-11-8-15(20(2)19-11)18-16(22)10-21-7-6-12-4-5-13(24-3)9-14(12)17(21)23/h4-9H,10H2,1-3H3,(H,18,22). The van der Waals surface area contributed by atoms with Crippen molar-refractivity contribution in [3.63, 3.8) is 0 Å². The van der Waals surface area contributed by atoms with Crippen molar-refractivity contribution in [3.05, 3.63) is 52.6 Å². The number of nitrogens with one attached hydrogen (secondary N) is 1. The fourth-order valence-corrected chi connectivity index (χ4v) is 2.57. The molecule has 0 aliphatic carbocycles. The van der Waals surface area contributed by atoms with Gasteiger partial charge in [0.15, 0.2) is 0 Å². The number of pyridine rings is 1. The lowest BCUT2D eigenvalue weighted by molar-refractivity contribution is -0.116. The average Bonchev–Trinajstić information content (AvgIpc) is 2.87. The maximum Gasteiger partial charge on any atom is 0.259 e. The van der Waals surface area contributed by atoms with E-state index in [1.807, 2.05) is 13.0 Å². The first-order chi connectivity index (χ1) is 11.5. The molecule has 7 heteroatoms. The van der Waals surface area contributed by atoms with Crippen LogP contribution < -0.4 is 15.6 Å². The Morgan fingerprint density at radius 1 is 1.29 bits per heavy atom. The monoisotopic (exact) mass is 326 g/mol. The second kappa shape index (κ2) is 6.19. The van der Waals surface area contributed by atoms with E-state index < -0.39 is 0 Å². The third kappa shape index (κ3) is 3.01. The van der Waals surface area contributed by atoms with E-state index >= 15 is 0 Å². The Kier molecular flexibility index (Phi) is 4.07. The molecule has 124 valence electrons. The van der Waals surface area contributed by atoms with E-state index in [4.69, 9.17) is 4.74 Å². The molecule has 1 N–H and O–H groups in total. The van der Waals surface area contributed by atoms with Crippen molar-refractivity contribution in [2.24, 2.45) is 7.05 Å². The van der Waals surface area contributed by atoms with Crippen LogP contribution in [0.4, 0.5) is 5.82 Å². The number of carbonyl (C=O) groups excluding carboxylic acids is 1. The summed E-state index contributed by atoms with van der Waals surface area (Å²) in [4.78, 5) is 24.8. The third-order valence-electron chi connectivity index (χ3n) is 3.77. The van der Waals surface area contributed by atoms with Gasteiger partial charge in [-0.2, -0.15) is 5.10 Å². The van der Waals surface area contributed by atoms with Gasteiger partial charge in [-0.3, -0.25) is 14.3 Å². The summed E-state index contributed by atoms with van der Waals surface area (Å²) in [6.07, 6.45) is 1.62. The molecule has 24 heavy (non-hydrogen) atoms. The molecule has 0 aliphatic rings. The average molecular weight is 326 g/mol. The fourth-order valence-electron chi connectivity index (χ4n) is 2.57. The molecule has 0 bridgehead atoms. The zero-order chi connectivity index (χ0) is 17.3. The summed E-state index contributed by atoms with van der Waals surface area (Å²) in [5.74, 6) is 0.905. The van der Waals surface area contributed by atoms with E-state index in [0.29, 0.717) is 17.0 Å². The van der Waals surface area contributed by atoms with Gasteiger partial charge in [0.2, 0.25) is 5.91 Å². The Morgan fingerprint density at radius 2 is 2.08 bits per heavy atom. The number of amides is 1. The van der Waals surface area contributed by atoms with Gasteiger partial charge < -0.3 is 14.6 Å². The number of rotatable bonds is 4. The fraction of sp³-hybridized carbons (Fsp3) is 0.235. The summed E-state index contributed by atoms with van der Waals surface area (Å²) < 4.78 is 8.12. The zero-order valence-corrected chi connectivity index (χ0v) is 13.7. The number of ether oxygens (including phenoxy) is 1. The first-order valence-electron chi connectivity index (χ1n) is 7.45. The van der Waals surface area contributed by atoms with Crippen LogP contribution >= 0.6 is 0 Å². The Hall–Kier alpha value is -3.09. The first kappa shape index (κ1) is 15.8. The quantitative estimate of drug-likeness (QED) is 0.791. The van der Waals surface area contributed by atoms with Crippen molar-refractivity contribution in [2.75, 3.05) is 12.4 Å². The smallest absolute Gasteiger partial charge is 0.259 e. The van der Waals surface area contributed by atoms with Gasteiger partial charge in [0, 0.05) is 19.3 Å². The lowest BCUT2D eigenvalue weighted by Gasteiger charge is -2.09. The van der Waals surface area contributed by atoms with Crippen molar-refractivity contribution in [1.29, 1.82) is 0 Å². The largest absolute Gasteiger partial charge is 0.497 e. The second-order valence-corrected chi connectivity index (χ2v) is 5.54. The Labute approximate surface area is 138 Å². The lowest BCUT2D eigenvalue weighted by atomic mass is 10.1. The molecule has 2 heterocycles. The number of carbonyl (C=O) groups is 1. The minimum atomic E-state index is -0.289. The highest BCUT2D eigenvalue weighted by Gasteiger charge is 2.10. The zero-order valence-electron chi connectivity index (χ0n) is 13.7. The van der Waals surface area contributed by atoms with Crippen LogP contribution in [0.5, 0.6) is 5.75 Å². The molecule has 0 saturated carbocycles. The van der Waals surface area contributed by atoms with E-state index in [0.717, 1.165) is 11.1 Å². The molecule has 3 aromatic rings. The second-order valence-electron chi connectivity index (χ2n) is 5.54. The number of benzene rings is 1. The lowest BCUT2D eigenvalue weighted by Crippen LogP contribution is -2.27. The molecular formula is C17H18N4O3. The third-order valence-corrected chi connectivity index (χ3v) is 3.77. The highest BCUT2D eigenvalue weighted by molar-refractivity contribution is 5.90. The molecule has 7 nitrogen and oxygen atoms in total. The molecular weight excluding hydrogens is 308 g/mol. The van der Waals surface area contributed by atoms with Gasteiger partial charge in [-0.1, -0.05) is 6.07 Å². The van der Waals surface area contributed by atoms with E-state index in [2.05, 4.69) is 10.4 Å². The predicted octanol–water partition coefficient (Wildman–Crippen LogP) is 1.69. The van der Waals surface area contributed by atoms with Crippen LogP contribution in [0.25, 0.3) is 10.8 Å². The molecule has 0 fully saturated rings. The van der Waals surface area contributed by atoms with Crippen LogP contribution in [-0.4, -0.2) is 27.4 Å². The molecule has 0 aliphatic heterocycles. The maximum absolute atomic E-state index is 12.6. The number of fused-ring (bicyclic) bond motifs is 1. The molecule has 1 amide bonds. The summed E-state index contributed by atoms with van der Waals surface area (Å²) >= 11 is 0. The van der Waals surface area contributed by atoms with Crippen LogP contribution in [0.2, 0.25) is 0 Å². The summed E-state index contributed by atoms with van der Waals surface area (Å²) in [5.41, 5.74) is 0.575. The summed E-state index contributed by atoms with van der Waals surface area (Å²) in [5, 5.41) is 8.24. The van der Waals surface area contributed by atoms with Crippen molar-refractivity contribution in [1.82, 2.24) is 14.3 Å². The molecule has 0 saturated heterocycles. The van der Waals surface area contributed by atoms with Crippen LogP contribution in [-0.2, 0) is 18.4 Å². The van der Waals surface area contributed by atoms with E-state index in [1.165, 1.54) is 4.57 Å². The summed E-state index contributed by atoms with van der Waals surface area (Å²) in [6, 6.07) is 8.86. The number of hydrogen-bond donors (Lipinski definition) is 1. The normalized spacial score (nSPS) is 10.8. The van der Waals surface area contributed by atoms with E-state index in [-0.39, 0.29) is 18.0 Å². The van der Waals surface area contributed by atoms with Gasteiger partial charge in [0.25, 0.3) is 5.56 Å². The summed E-state index contributed by atoms with van der Waals surface area (Å²) in [6.45, 7) is 1.77. The molecule has 0 spiro atoms. The number of methoxy groups -OCH3 is 1. The molecule has 2 aromatic heterocycles. The molecule has 0 atom stereocenters. The molecule has 1 aromatic carbocycles. The number of hydrogen-bond acceptors (Lipinski definition) is 4. The number of nitrogens with zero attached hydrogens (tertiary/aromatic N) is 3. The Bertz CT molecular complexity index is 972. The van der Waals surface area contributed by atoms with Gasteiger partial charge in [-0.25, -0.2) is 0 Å². The predicted molar refractivity (Wildman–Crippen MR) is 91.3 cm³/mol. The van der Waals surface area contributed by atoms with Crippen LogP contribution in [0.3, 0.4) is 0 Å². The Balaban J connectivity index is 1.87. The van der Waals surface area contributed by atoms with Crippen LogP contribution in [0.15, 0.2) is 41.3 Å². The van der Waals surface area contributed by atoms with E-state index in [9.17, 15) is 9.59 Å². The van der Waals surface area contributed by atoms with E-state index in [1.54, 1.807) is 49.3 Å². The molecule has 3 rings (SSSR count). The highest BCUT2D eigenvalue weighted by Crippen LogP contribution is 2.17. The molecule has 0 unspecified atom stereocenters.